The second-order valence-electron chi connectivity index (χ2n) is 7.97. The molecule has 14 heteroatoms. The molecule has 0 radical (unpaired) electrons. The fourth-order valence-electron chi connectivity index (χ4n) is 3.62. The van der Waals surface area contributed by atoms with Crippen molar-refractivity contribution in [3.63, 3.8) is 0 Å². The zero-order valence-electron chi connectivity index (χ0n) is 18.8. The van der Waals surface area contributed by atoms with Gasteiger partial charge in [-0.3, -0.25) is 10.1 Å². The molecule has 1 fully saturated rings. The highest BCUT2D eigenvalue weighted by molar-refractivity contribution is 6.10. The highest BCUT2D eigenvalue weighted by Gasteiger charge is 2.52. The Morgan fingerprint density at radius 3 is 2.33 bits per heavy atom. The number of hydrogen-bond acceptors (Lipinski definition) is 4. The number of halogens is 8. The van der Waals surface area contributed by atoms with E-state index >= 15 is 0 Å². The van der Waals surface area contributed by atoms with Crippen LogP contribution in [0.3, 0.4) is 0 Å². The number of nitrogens with one attached hydrogen (secondary N) is 3. The van der Waals surface area contributed by atoms with Crippen molar-refractivity contribution >= 4 is 17.6 Å². The number of amides is 1. The predicted octanol–water partition coefficient (Wildman–Crippen LogP) is 4.91. The highest BCUT2D eigenvalue weighted by Crippen LogP contribution is 2.34. The van der Waals surface area contributed by atoms with Crippen molar-refractivity contribution < 1.29 is 39.9 Å². The number of hydrazine groups is 1. The van der Waals surface area contributed by atoms with Crippen LogP contribution in [0, 0.1) is 17.6 Å². The van der Waals surface area contributed by atoms with Gasteiger partial charge in [-0.25, -0.2) is 24.2 Å². The fourth-order valence-corrected chi connectivity index (χ4v) is 3.62. The molecule has 196 valence electrons. The monoisotopic (exact) mass is 523 g/mol. The van der Waals surface area contributed by atoms with Crippen LogP contribution in [0.4, 0.5) is 40.8 Å². The summed E-state index contributed by atoms with van der Waals surface area (Å²) in [5.74, 6) is -5.23. The van der Waals surface area contributed by atoms with Crippen LogP contribution in [0.25, 0.3) is 0 Å². The van der Waals surface area contributed by atoms with Crippen LogP contribution >= 0.6 is 0 Å². The lowest BCUT2D eigenvalue weighted by Crippen LogP contribution is -2.45. The second kappa shape index (κ2) is 10.4. The van der Waals surface area contributed by atoms with E-state index in [1.165, 1.54) is 18.0 Å². The smallest absolute Gasteiger partial charge is 0.326 e. The normalized spacial score (nSPS) is 21.5. The first-order valence-corrected chi connectivity index (χ1v) is 10.6. The van der Waals surface area contributed by atoms with Gasteiger partial charge in [0.15, 0.2) is 11.6 Å². The minimum absolute atomic E-state index is 0.0685. The highest BCUT2D eigenvalue weighted by atomic mass is 19.4. The number of anilines is 1. The van der Waals surface area contributed by atoms with Crippen molar-refractivity contribution in [1.29, 1.82) is 0 Å². The van der Waals surface area contributed by atoms with Gasteiger partial charge in [0.05, 0.1) is 5.56 Å². The molecule has 0 aromatic heterocycles. The topological polar surface area (TPSA) is 68.8 Å². The third kappa shape index (κ3) is 6.29. The Bertz CT molecular complexity index is 1130. The molecular weight excluding hydrogens is 502 g/mol. The maximum Gasteiger partial charge on any atom is 0.416 e. The number of nitrogens with zero attached hydrogens (tertiary/aromatic N) is 2. The molecule has 0 spiro atoms. The Labute approximate surface area is 200 Å². The largest absolute Gasteiger partial charge is 0.416 e. The summed E-state index contributed by atoms with van der Waals surface area (Å²) < 4.78 is 107. The lowest BCUT2D eigenvalue weighted by Gasteiger charge is -2.22. The number of rotatable bonds is 4. The molecule has 36 heavy (non-hydrogen) atoms. The van der Waals surface area contributed by atoms with Crippen LogP contribution in [-0.4, -0.2) is 41.8 Å². The van der Waals surface area contributed by atoms with Crippen molar-refractivity contribution in [2.45, 2.75) is 38.4 Å². The molecule has 1 heterocycles. The van der Waals surface area contributed by atoms with E-state index in [2.05, 4.69) is 21.1 Å². The van der Waals surface area contributed by atoms with Crippen LogP contribution in [0.1, 0.15) is 29.8 Å². The minimum atomic E-state index is -4.69. The lowest BCUT2D eigenvalue weighted by atomic mass is 10.0. The molecule has 6 nitrogen and oxygen atoms in total. The maximum atomic E-state index is 13.6. The zero-order chi connectivity index (χ0) is 26.8. The van der Waals surface area contributed by atoms with Gasteiger partial charge in [-0.1, -0.05) is 19.9 Å². The summed E-state index contributed by atoms with van der Waals surface area (Å²) >= 11 is 0. The SMILES string of the molecule is CCN1NC(C(F)(F)F)C(C)C1N=C(NC(=O)c1ccc(F)c(F)c1)Nc1cccc(C(F)(F)F)c1. The van der Waals surface area contributed by atoms with E-state index in [9.17, 15) is 39.9 Å². The van der Waals surface area contributed by atoms with E-state index in [1.807, 2.05) is 0 Å². The molecule has 2 aromatic carbocycles. The Morgan fingerprint density at radius 2 is 1.75 bits per heavy atom. The van der Waals surface area contributed by atoms with Crippen LogP contribution in [0.5, 0.6) is 0 Å². The average Bonchev–Trinajstić information content (AvgIpc) is 3.10. The van der Waals surface area contributed by atoms with Gasteiger partial charge >= 0.3 is 12.4 Å². The van der Waals surface area contributed by atoms with Crippen molar-refractivity contribution in [2.24, 2.45) is 10.9 Å². The number of hydrogen-bond donors (Lipinski definition) is 3. The van der Waals surface area contributed by atoms with E-state index in [0.717, 1.165) is 18.2 Å². The Hall–Kier alpha value is -3.26. The second-order valence-corrected chi connectivity index (χ2v) is 7.97. The van der Waals surface area contributed by atoms with Gasteiger partial charge in [0, 0.05) is 23.7 Å². The van der Waals surface area contributed by atoms with E-state index in [-0.39, 0.29) is 17.8 Å². The van der Waals surface area contributed by atoms with Crippen LogP contribution in [0.15, 0.2) is 47.5 Å². The first kappa shape index (κ1) is 27.3. The van der Waals surface area contributed by atoms with Crippen molar-refractivity contribution in [3.05, 3.63) is 65.2 Å². The quantitative estimate of drug-likeness (QED) is 0.303. The van der Waals surface area contributed by atoms with Crippen molar-refractivity contribution in [1.82, 2.24) is 15.8 Å². The average molecular weight is 523 g/mol. The maximum absolute atomic E-state index is 13.6. The Balaban J connectivity index is 1.98. The van der Waals surface area contributed by atoms with Crippen LogP contribution < -0.4 is 16.1 Å². The van der Waals surface area contributed by atoms with Gasteiger partial charge in [-0.05, 0) is 36.4 Å². The molecule has 3 N–H and O–H groups in total. The van der Waals surface area contributed by atoms with Crippen molar-refractivity contribution in [3.8, 4) is 0 Å². The van der Waals surface area contributed by atoms with Crippen LogP contribution in [-0.2, 0) is 6.18 Å². The standard InChI is InChI=1S/C22H21F8N5O/c1-3-35-18(11(2)17(34-35)22(28,29)30)32-20(31-14-6-4-5-13(10-14)21(25,26)27)33-19(36)12-7-8-15(23)16(24)9-12/h4-11,17-18,34H,3H2,1-2H3,(H2,31,32,33,36). The molecule has 1 aliphatic heterocycles. The molecule has 1 amide bonds. The summed E-state index contributed by atoms with van der Waals surface area (Å²) in [4.78, 5) is 16.8. The Kier molecular flexibility index (Phi) is 7.88. The molecule has 1 aliphatic rings. The molecule has 3 rings (SSSR count). The van der Waals surface area contributed by atoms with E-state index < -0.39 is 59.5 Å². The summed E-state index contributed by atoms with van der Waals surface area (Å²) in [6.45, 7) is 2.90. The zero-order valence-corrected chi connectivity index (χ0v) is 18.8. The number of carbonyl (C=O) groups excluding carboxylic acids is 1. The van der Waals surface area contributed by atoms with Crippen LogP contribution in [0.2, 0.25) is 0 Å². The summed E-state index contributed by atoms with van der Waals surface area (Å²) in [5, 5.41) is 5.87. The number of guanidine groups is 1. The molecule has 0 saturated carbocycles. The lowest BCUT2D eigenvalue weighted by molar-refractivity contribution is -0.163. The first-order chi connectivity index (χ1) is 16.7. The van der Waals surface area contributed by atoms with E-state index in [4.69, 9.17) is 0 Å². The summed E-state index contributed by atoms with van der Waals surface area (Å²) in [6, 6.07) is 4.08. The molecule has 3 unspecified atom stereocenters. The molecule has 0 aliphatic carbocycles. The molecule has 0 bridgehead atoms. The minimum Gasteiger partial charge on any atom is -0.326 e. The molecule has 3 atom stereocenters. The first-order valence-electron chi connectivity index (χ1n) is 10.6. The molecule has 1 saturated heterocycles. The summed E-state index contributed by atoms with van der Waals surface area (Å²) in [5.41, 5.74) is 0.739. The number of alkyl halides is 6. The third-order valence-corrected chi connectivity index (χ3v) is 5.44. The van der Waals surface area contributed by atoms with Gasteiger partial charge in [-0.15, -0.1) is 0 Å². The number of benzene rings is 2. The number of carbonyl (C=O) groups is 1. The molecular formula is C22H21F8N5O. The Morgan fingerprint density at radius 1 is 1.06 bits per heavy atom. The van der Waals surface area contributed by atoms with Gasteiger partial charge in [0.25, 0.3) is 5.91 Å². The summed E-state index contributed by atoms with van der Waals surface area (Å²) in [7, 11) is 0. The number of aliphatic imine (C=N–C) groups is 1. The fraction of sp³-hybridized carbons (Fsp3) is 0.364. The van der Waals surface area contributed by atoms with Crippen molar-refractivity contribution in [2.75, 3.05) is 11.9 Å². The van der Waals surface area contributed by atoms with Gasteiger partial charge in [0.1, 0.15) is 12.2 Å². The van der Waals surface area contributed by atoms with Gasteiger partial charge in [0.2, 0.25) is 5.96 Å². The van der Waals surface area contributed by atoms with Gasteiger partial charge in [-0.2, -0.15) is 26.3 Å². The summed E-state index contributed by atoms with van der Waals surface area (Å²) in [6.07, 6.45) is -10.5. The van der Waals surface area contributed by atoms with Gasteiger partial charge < -0.3 is 5.32 Å². The third-order valence-electron chi connectivity index (χ3n) is 5.44. The molecule has 2 aromatic rings. The van der Waals surface area contributed by atoms with E-state index in [0.29, 0.717) is 18.2 Å². The predicted molar refractivity (Wildman–Crippen MR) is 115 cm³/mol. The van der Waals surface area contributed by atoms with E-state index in [1.54, 1.807) is 6.92 Å².